The molecule has 0 saturated carbocycles. The van der Waals surface area contributed by atoms with Crippen LogP contribution in [0.5, 0.6) is 0 Å². The molecule has 0 aliphatic rings. The number of esters is 1. The number of hydrogen-bond acceptors (Lipinski definition) is 3. The highest BCUT2D eigenvalue weighted by Crippen LogP contribution is 2.10. The Morgan fingerprint density at radius 2 is 1.40 bits per heavy atom. The fourth-order valence-corrected chi connectivity index (χ4v) is 2.09. The van der Waals surface area contributed by atoms with Crippen molar-refractivity contribution in [2.75, 3.05) is 13.2 Å². The van der Waals surface area contributed by atoms with Gasteiger partial charge in [-0.25, -0.2) is 0 Å². The molecule has 0 amide bonds. The van der Waals surface area contributed by atoms with Gasteiger partial charge in [0, 0.05) is 20.0 Å². The standard InChI is InChI=1S/C17H33O3/c1-3-4-5-6-7-8-9-10-11-12-14-19-15-13-16-20-17(2)18/h15H,3-14,16H2,1-2H3. The van der Waals surface area contributed by atoms with Gasteiger partial charge in [-0.1, -0.05) is 64.7 Å². The molecule has 0 saturated heterocycles. The van der Waals surface area contributed by atoms with Gasteiger partial charge >= 0.3 is 5.97 Å². The third kappa shape index (κ3) is 17.4. The van der Waals surface area contributed by atoms with Crippen LogP contribution in [0.1, 0.15) is 84.5 Å². The molecule has 0 spiro atoms. The molecule has 0 atom stereocenters. The largest absolute Gasteiger partial charge is 0.466 e. The Morgan fingerprint density at radius 1 is 0.850 bits per heavy atom. The molecule has 0 aromatic carbocycles. The van der Waals surface area contributed by atoms with Crippen molar-refractivity contribution in [1.29, 1.82) is 0 Å². The Hall–Kier alpha value is -0.570. The van der Waals surface area contributed by atoms with Crippen LogP contribution in [-0.4, -0.2) is 19.2 Å². The van der Waals surface area contributed by atoms with Crippen LogP contribution < -0.4 is 0 Å². The summed E-state index contributed by atoms with van der Waals surface area (Å²) in [5.41, 5.74) is 0. The number of unbranched alkanes of at least 4 members (excludes halogenated alkanes) is 9. The van der Waals surface area contributed by atoms with Crippen LogP contribution in [0, 0.1) is 6.61 Å². The maximum Gasteiger partial charge on any atom is 0.302 e. The van der Waals surface area contributed by atoms with E-state index < -0.39 is 0 Å². The van der Waals surface area contributed by atoms with E-state index in [2.05, 4.69) is 6.92 Å². The lowest BCUT2D eigenvalue weighted by molar-refractivity contribution is -0.141. The average Bonchev–Trinajstić information content (AvgIpc) is 2.43. The Labute approximate surface area is 125 Å². The first kappa shape index (κ1) is 19.4. The van der Waals surface area contributed by atoms with Crippen LogP contribution in [0.3, 0.4) is 0 Å². The number of hydrogen-bond donors (Lipinski definition) is 0. The summed E-state index contributed by atoms with van der Waals surface area (Å²) in [6.07, 6.45) is 14.1. The first-order chi connectivity index (χ1) is 9.77. The van der Waals surface area contributed by atoms with Gasteiger partial charge in [0.15, 0.2) is 0 Å². The zero-order valence-corrected chi connectivity index (χ0v) is 13.5. The van der Waals surface area contributed by atoms with E-state index in [0.29, 0.717) is 13.0 Å². The van der Waals surface area contributed by atoms with Gasteiger partial charge in [-0.05, 0) is 6.42 Å². The third-order valence-corrected chi connectivity index (χ3v) is 3.27. The van der Waals surface area contributed by atoms with Crippen LogP contribution in [-0.2, 0) is 14.3 Å². The summed E-state index contributed by atoms with van der Waals surface area (Å²) in [5, 5.41) is 0. The highest BCUT2D eigenvalue weighted by Gasteiger charge is 1.95. The second-order valence-electron chi connectivity index (χ2n) is 5.35. The molecule has 0 fully saturated rings. The lowest BCUT2D eigenvalue weighted by Crippen LogP contribution is -2.02. The molecule has 0 aliphatic heterocycles. The molecule has 0 aliphatic carbocycles. The van der Waals surface area contributed by atoms with Crippen LogP contribution in [0.25, 0.3) is 0 Å². The maximum atomic E-state index is 10.5. The zero-order valence-electron chi connectivity index (χ0n) is 13.5. The summed E-state index contributed by atoms with van der Waals surface area (Å²) in [6.45, 7) is 6.64. The van der Waals surface area contributed by atoms with Crippen molar-refractivity contribution in [2.45, 2.75) is 84.5 Å². The smallest absolute Gasteiger partial charge is 0.302 e. The number of ether oxygens (including phenoxy) is 2. The highest BCUT2D eigenvalue weighted by molar-refractivity contribution is 5.65. The Kier molecular flexibility index (Phi) is 16.0. The molecule has 0 N–H and O–H groups in total. The van der Waals surface area contributed by atoms with Crippen LogP contribution in [0.15, 0.2) is 0 Å². The van der Waals surface area contributed by atoms with Gasteiger partial charge in [-0.15, -0.1) is 0 Å². The Balaban J connectivity index is 2.94. The van der Waals surface area contributed by atoms with Gasteiger partial charge in [-0.3, -0.25) is 4.79 Å². The van der Waals surface area contributed by atoms with Gasteiger partial charge in [0.25, 0.3) is 0 Å². The first-order valence-electron chi connectivity index (χ1n) is 8.34. The molecule has 119 valence electrons. The van der Waals surface area contributed by atoms with Crippen molar-refractivity contribution < 1.29 is 14.3 Å². The fourth-order valence-electron chi connectivity index (χ4n) is 2.09. The van der Waals surface area contributed by atoms with E-state index in [1.54, 1.807) is 6.61 Å². The predicted molar refractivity (Wildman–Crippen MR) is 83.3 cm³/mol. The Bertz CT molecular complexity index is 204. The topological polar surface area (TPSA) is 35.5 Å². The van der Waals surface area contributed by atoms with E-state index in [4.69, 9.17) is 9.47 Å². The molecule has 3 nitrogen and oxygen atoms in total. The van der Waals surface area contributed by atoms with Gasteiger partial charge in [0.05, 0.1) is 13.2 Å². The maximum absolute atomic E-state index is 10.5. The molecule has 1 radical (unpaired) electrons. The van der Waals surface area contributed by atoms with Gasteiger partial charge in [-0.2, -0.15) is 0 Å². The van der Waals surface area contributed by atoms with E-state index in [1.165, 1.54) is 64.7 Å². The SMILES string of the molecule is CCCCCCCCCCCCO[CH]CCOC(C)=O. The van der Waals surface area contributed by atoms with Crippen LogP contribution >= 0.6 is 0 Å². The highest BCUT2D eigenvalue weighted by atomic mass is 16.5. The molecule has 0 aromatic heterocycles. The molecular weight excluding hydrogens is 252 g/mol. The zero-order chi connectivity index (χ0) is 14.9. The monoisotopic (exact) mass is 285 g/mol. The summed E-state index contributed by atoms with van der Waals surface area (Å²) in [4.78, 5) is 10.5. The van der Waals surface area contributed by atoms with Crippen molar-refractivity contribution in [1.82, 2.24) is 0 Å². The minimum absolute atomic E-state index is 0.229. The van der Waals surface area contributed by atoms with Crippen LogP contribution in [0.4, 0.5) is 0 Å². The number of rotatable bonds is 15. The second-order valence-corrected chi connectivity index (χ2v) is 5.35. The molecular formula is C17H33O3. The lowest BCUT2D eigenvalue weighted by Gasteiger charge is -2.04. The summed E-state index contributed by atoms with van der Waals surface area (Å²) in [5.74, 6) is -0.229. The normalized spacial score (nSPS) is 10.7. The van der Waals surface area contributed by atoms with Gasteiger partial charge in [0.1, 0.15) is 0 Å². The van der Waals surface area contributed by atoms with E-state index in [-0.39, 0.29) is 5.97 Å². The molecule has 0 heterocycles. The molecule has 0 bridgehead atoms. The number of carbonyl (C=O) groups is 1. The number of carbonyl (C=O) groups excluding carboxylic acids is 1. The summed E-state index contributed by atoms with van der Waals surface area (Å²) in [7, 11) is 0. The predicted octanol–water partition coefficient (Wildman–Crippen LogP) is 5.04. The summed E-state index contributed by atoms with van der Waals surface area (Å²) >= 11 is 0. The van der Waals surface area contributed by atoms with Crippen molar-refractivity contribution in [3.05, 3.63) is 6.61 Å². The molecule has 0 aromatic rings. The van der Waals surface area contributed by atoms with Crippen molar-refractivity contribution in [3.8, 4) is 0 Å². The second kappa shape index (κ2) is 16.5. The quantitative estimate of drug-likeness (QED) is 0.312. The minimum atomic E-state index is -0.229. The van der Waals surface area contributed by atoms with E-state index in [0.717, 1.165) is 13.0 Å². The minimum Gasteiger partial charge on any atom is -0.466 e. The third-order valence-electron chi connectivity index (χ3n) is 3.27. The van der Waals surface area contributed by atoms with Gasteiger partial charge < -0.3 is 9.47 Å². The molecule has 20 heavy (non-hydrogen) atoms. The van der Waals surface area contributed by atoms with E-state index >= 15 is 0 Å². The summed E-state index contributed by atoms with van der Waals surface area (Å²) in [6, 6.07) is 0. The molecule has 3 heteroatoms. The Morgan fingerprint density at radius 3 is 1.95 bits per heavy atom. The van der Waals surface area contributed by atoms with E-state index in [1.807, 2.05) is 0 Å². The molecule has 0 unspecified atom stereocenters. The molecule has 0 rings (SSSR count). The first-order valence-corrected chi connectivity index (χ1v) is 8.34. The average molecular weight is 285 g/mol. The fraction of sp³-hybridized carbons (Fsp3) is 0.882. The van der Waals surface area contributed by atoms with Crippen LogP contribution in [0.2, 0.25) is 0 Å². The van der Waals surface area contributed by atoms with Crippen molar-refractivity contribution in [3.63, 3.8) is 0 Å². The van der Waals surface area contributed by atoms with Crippen molar-refractivity contribution in [2.24, 2.45) is 0 Å². The van der Waals surface area contributed by atoms with E-state index in [9.17, 15) is 4.79 Å². The summed E-state index contributed by atoms with van der Waals surface area (Å²) < 4.78 is 10.2. The lowest BCUT2D eigenvalue weighted by atomic mass is 10.1. The van der Waals surface area contributed by atoms with Gasteiger partial charge in [0.2, 0.25) is 0 Å². The van der Waals surface area contributed by atoms with Crippen molar-refractivity contribution >= 4 is 5.97 Å².